The number of anilines is 1. The Hall–Kier alpha value is -4.13. The number of nitrogens with zero attached hydrogens (tertiary/aromatic N) is 1. The highest BCUT2D eigenvalue weighted by Gasteiger charge is 2.49. The summed E-state index contributed by atoms with van der Waals surface area (Å²) in [5.41, 5.74) is 2.04. The summed E-state index contributed by atoms with van der Waals surface area (Å²) in [6, 6.07) is 23.8. The van der Waals surface area contributed by atoms with Crippen molar-refractivity contribution in [1.29, 1.82) is 0 Å². The van der Waals surface area contributed by atoms with Gasteiger partial charge in [0, 0.05) is 5.69 Å². The Morgan fingerprint density at radius 3 is 2.22 bits per heavy atom. The number of hydrogen-bond donors (Lipinski definition) is 2. The fraction of sp³-hybridized carbons (Fsp3) is 0.276. The van der Waals surface area contributed by atoms with Crippen LogP contribution in [0.4, 0.5) is 10.5 Å². The van der Waals surface area contributed by atoms with Crippen LogP contribution >= 0.6 is 0 Å². The quantitative estimate of drug-likeness (QED) is 0.409. The van der Waals surface area contributed by atoms with Gasteiger partial charge >= 0.3 is 6.03 Å². The molecule has 3 aromatic rings. The Labute approximate surface area is 211 Å². The zero-order valence-corrected chi connectivity index (χ0v) is 20.8. The average Bonchev–Trinajstić information content (AvgIpc) is 3.09. The lowest BCUT2D eigenvalue weighted by atomic mass is 9.92. The van der Waals surface area contributed by atoms with Crippen molar-refractivity contribution in [3.8, 4) is 16.9 Å². The second-order valence-electron chi connectivity index (χ2n) is 9.49. The third-order valence-corrected chi connectivity index (χ3v) is 6.25. The minimum atomic E-state index is -1.26. The molecule has 1 fully saturated rings. The third-order valence-electron chi connectivity index (χ3n) is 6.25. The summed E-state index contributed by atoms with van der Waals surface area (Å²) in [4.78, 5) is 39.4. The van der Waals surface area contributed by atoms with Crippen LogP contribution in [0, 0.1) is 5.92 Å². The monoisotopic (exact) mass is 485 g/mol. The van der Waals surface area contributed by atoms with Gasteiger partial charge in [0.2, 0.25) is 5.91 Å². The first-order chi connectivity index (χ1) is 17.3. The van der Waals surface area contributed by atoms with Gasteiger partial charge in [0.25, 0.3) is 5.91 Å². The van der Waals surface area contributed by atoms with Crippen molar-refractivity contribution < 1.29 is 19.1 Å². The van der Waals surface area contributed by atoms with Gasteiger partial charge in [-0.15, -0.1) is 0 Å². The molecule has 0 radical (unpaired) electrons. The van der Waals surface area contributed by atoms with Crippen molar-refractivity contribution in [2.24, 2.45) is 5.92 Å². The van der Waals surface area contributed by atoms with Gasteiger partial charge in [-0.2, -0.15) is 0 Å². The fourth-order valence-electron chi connectivity index (χ4n) is 4.05. The maximum atomic E-state index is 13.2. The van der Waals surface area contributed by atoms with Gasteiger partial charge in [-0.3, -0.25) is 14.5 Å². The van der Waals surface area contributed by atoms with Crippen LogP contribution in [0.2, 0.25) is 0 Å². The highest BCUT2D eigenvalue weighted by atomic mass is 16.5. The van der Waals surface area contributed by atoms with E-state index >= 15 is 0 Å². The molecule has 0 unspecified atom stereocenters. The van der Waals surface area contributed by atoms with E-state index in [4.69, 9.17) is 4.74 Å². The van der Waals surface area contributed by atoms with Crippen molar-refractivity contribution in [3.63, 3.8) is 0 Å². The lowest BCUT2D eigenvalue weighted by Crippen LogP contribution is -2.42. The third kappa shape index (κ3) is 5.57. The Morgan fingerprint density at radius 1 is 0.944 bits per heavy atom. The number of nitrogens with one attached hydrogen (secondary N) is 2. The molecule has 2 N–H and O–H groups in total. The molecule has 4 rings (SSSR count). The molecule has 0 bridgehead atoms. The van der Waals surface area contributed by atoms with Crippen molar-refractivity contribution in [2.75, 3.05) is 18.5 Å². The standard InChI is InChI=1S/C29H31N3O4/c1-20(2)17-18-36-25-15-11-23(12-16-25)29(3)27(34)32(28(35)31-29)19-26(33)30-24-13-9-22(10-14-24)21-7-5-4-6-8-21/h4-16,20H,17-19H2,1-3H3,(H,30,33)(H,31,35)/t29-/m1/s1. The minimum Gasteiger partial charge on any atom is -0.494 e. The molecule has 1 atom stereocenters. The summed E-state index contributed by atoms with van der Waals surface area (Å²) < 4.78 is 5.74. The van der Waals surface area contributed by atoms with Gasteiger partial charge in [0.1, 0.15) is 17.8 Å². The number of rotatable bonds is 9. The minimum absolute atomic E-state index is 0.378. The largest absolute Gasteiger partial charge is 0.494 e. The van der Waals surface area contributed by atoms with Crippen LogP contribution in [0.5, 0.6) is 5.75 Å². The number of amides is 4. The van der Waals surface area contributed by atoms with E-state index in [-0.39, 0.29) is 6.54 Å². The van der Waals surface area contributed by atoms with Gasteiger partial charge in [-0.25, -0.2) is 4.79 Å². The molecule has 1 aliphatic rings. The van der Waals surface area contributed by atoms with E-state index < -0.39 is 23.4 Å². The van der Waals surface area contributed by atoms with Crippen LogP contribution < -0.4 is 15.4 Å². The first kappa shape index (κ1) is 25.0. The molecule has 0 aliphatic carbocycles. The number of ether oxygens (including phenoxy) is 1. The Bertz CT molecular complexity index is 1220. The van der Waals surface area contributed by atoms with E-state index in [1.54, 1.807) is 43.3 Å². The molecule has 0 saturated carbocycles. The van der Waals surface area contributed by atoms with E-state index in [2.05, 4.69) is 24.5 Å². The maximum Gasteiger partial charge on any atom is 0.325 e. The molecule has 7 nitrogen and oxygen atoms in total. The highest BCUT2D eigenvalue weighted by molar-refractivity contribution is 6.10. The molecule has 4 amide bonds. The topological polar surface area (TPSA) is 87.7 Å². The molecule has 1 heterocycles. The predicted molar refractivity (Wildman–Crippen MR) is 139 cm³/mol. The molecule has 7 heteroatoms. The zero-order valence-electron chi connectivity index (χ0n) is 20.8. The van der Waals surface area contributed by atoms with Crippen molar-refractivity contribution in [3.05, 3.63) is 84.4 Å². The summed E-state index contributed by atoms with van der Waals surface area (Å²) in [7, 11) is 0. The van der Waals surface area contributed by atoms with Crippen LogP contribution in [-0.4, -0.2) is 35.9 Å². The SMILES string of the molecule is CC(C)CCOc1ccc([C@@]2(C)NC(=O)N(CC(=O)Nc3ccc(-c4ccccc4)cc3)C2=O)cc1. The molecule has 3 aromatic carbocycles. The summed E-state index contributed by atoms with van der Waals surface area (Å²) in [6.07, 6.45) is 0.947. The first-order valence-electron chi connectivity index (χ1n) is 12.1. The van der Waals surface area contributed by atoms with Crippen LogP contribution in [0.3, 0.4) is 0 Å². The smallest absolute Gasteiger partial charge is 0.325 e. The van der Waals surface area contributed by atoms with Gasteiger partial charge in [0.05, 0.1) is 6.61 Å². The van der Waals surface area contributed by atoms with Crippen LogP contribution in [0.1, 0.15) is 32.8 Å². The first-order valence-corrected chi connectivity index (χ1v) is 12.1. The van der Waals surface area contributed by atoms with Gasteiger partial charge in [-0.1, -0.05) is 68.4 Å². The molecule has 36 heavy (non-hydrogen) atoms. The number of imide groups is 1. The maximum absolute atomic E-state index is 13.2. The average molecular weight is 486 g/mol. The van der Waals surface area contributed by atoms with Crippen molar-refractivity contribution >= 4 is 23.5 Å². The lowest BCUT2D eigenvalue weighted by molar-refractivity contribution is -0.133. The second kappa shape index (κ2) is 10.6. The molecule has 1 aliphatic heterocycles. The van der Waals surface area contributed by atoms with Crippen LogP contribution in [0.25, 0.3) is 11.1 Å². The number of carbonyl (C=O) groups excluding carboxylic acids is 3. The molecule has 0 aromatic heterocycles. The van der Waals surface area contributed by atoms with E-state index in [1.807, 2.05) is 42.5 Å². The predicted octanol–water partition coefficient (Wildman–Crippen LogP) is 5.18. The van der Waals surface area contributed by atoms with Crippen LogP contribution in [-0.2, 0) is 15.1 Å². The summed E-state index contributed by atoms with van der Waals surface area (Å²) in [5.74, 6) is 0.320. The number of urea groups is 1. The molecule has 186 valence electrons. The van der Waals surface area contributed by atoms with Crippen molar-refractivity contribution in [2.45, 2.75) is 32.7 Å². The van der Waals surface area contributed by atoms with Crippen LogP contribution in [0.15, 0.2) is 78.9 Å². The number of carbonyl (C=O) groups is 3. The Balaban J connectivity index is 1.37. The normalized spacial score (nSPS) is 17.3. The van der Waals surface area contributed by atoms with E-state index in [0.29, 0.717) is 29.5 Å². The molecular weight excluding hydrogens is 454 g/mol. The fourth-order valence-corrected chi connectivity index (χ4v) is 4.05. The van der Waals surface area contributed by atoms with E-state index in [1.165, 1.54) is 0 Å². The van der Waals surface area contributed by atoms with E-state index in [9.17, 15) is 14.4 Å². The van der Waals surface area contributed by atoms with Gasteiger partial charge in [0.15, 0.2) is 0 Å². The molecular formula is C29H31N3O4. The lowest BCUT2D eigenvalue weighted by Gasteiger charge is -2.22. The Kier molecular flexibility index (Phi) is 7.38. The summed E-state index contributed by atoms with van der Waals surface area (Å²) in [5, 5.41) is 5.50. The summed E-state index contributed by atoms with van der Waals surface area (Å²) >= 11 is 0. The van der Waals surface area contributed by atoms with E-state index in [0.717, 1.165) is 22.4 Å². The highest BCUT2D eigenvalue weighted by Crippen LogP contribution is 2.30. The molecule has 0 spiro atoms. The number of benzene rings is 3. The Morgan fingerprint density at radius 2 is 1.58 bits per heavy atom. The van der Waals surface area contributed by atoms with Crippen molar-refractivity contribution in [1.82, 2.24) is 10.2 Å². The number of hydrogen-bond acceptors (Lipinski definition) is 4. The summed E-state index contributed by atoms with van der Waals surface area (Å²) in [6.45, 7) is 6.14. The van der Waals surface area contributed by atoms with Gasteiger partial charge < -0.3 is 15.4 Å². The second-order valence-corrected chi connectivity index (χ2v) is 9.49. The molecule has 1 saturated heterocycles. The van der Waals surface area contributed by atoms with Gasteiger partial charge in [-0.05, 0) is 60.2 Å². The zero-order chi connectivity index (χ0) is 25.7.